The molecule has 11 heteroatoms. The maximum absolute atomic E-state index is 13.4. The molecule has 0 spiro atoms. The third kappa shape index (κ3) is 4.67. The van der Waals surface area contributed by atoms with Gasteiger partial charge in [0.25, 0.3) is 5.91 Å². The number of fused-ring (bicyclic) bond motifs is 1. The van der Waals surface area contributed by atoms with Gasteiger partial charge in [-0.3, -0.25) is 24.3 Å². The monoisotopic (exact) mass is 462 g/mol. The van der Waals surface area contributed by atoms with E-state index in [2.05, 4.69) is 0 Å². The van der Waals surface area contributed by atoms with E-state index < -0.39 is 29.5 Å². The number of hydrazine groups is 1. The molecule has 1 aliphatic heterocycles. The maximum atomic E-state index is 13.4. The summed E-state index contributed by atoms with van der Waals surface area (Å²) in [4.78, 5) is 37.9. The van der Waals surface area contributed by atoms with E-state index in [1.165, 1.54) is 20.1 Å². The predicted octanol–water partition coefficient (Wildman–Crippen LogP) is 3.09. The van der Waals surface area contributed by atoms with Gasteiger partial charge in [-0.05, 0) is 31.2 Å². The Morgan fingerprint density at radius 2 is 1.82 bits per heavy atom. The van der Waals surface area contributed by atoms with Gasteiger partial charge in [0.1, 0.15) is 5.75 Å². The van der Waals surface area contributed by atoms with Crippen LogP contribution in [-0.2, 0) is 20.6 Å². The van der Waals surface area contributed by atoms with Crippen molar-refractivity contribution in [2.75, 3.05) is 12.0 Å². The molecule has 2 aromatic carbocycles. The van der Waals surface area contributed by atoms with E-state index in [1.807, 2.05) is 0 Å². The Morgan fingerprint density at radius 1 is 1.12 bits per heavy atom. The molecule has 0 aliphatic carbocycles. The van der Waals surface area contributed by atoms with Crippen molar-refractivity contribution < 1.29 is 32.3 Å². The van der Waals surface area contributed by atoms with Gasteiger partial charge in [-0.2, -0.15) is 13.2 Å². The number of halogens is 3. The number of anilines is 2. The van der Waals surface area contributed by atoms with Gasteiger partial charge in [0.2, 0.25) is 11.8 Å². The quantitative estimate of drug-likeness (QED) is 0.296. The van der Waals surface area contributed by atoms with E-state index in [4.69, 9.17) is 16.3 Å². The second-order valence-corrected chi connectivity index (χ2v) is 7.26. The fraction of sp³-hybridized carbons (Fsp3) is 0.227. The summed E-state index contributed by atoms with van der Waals surface area (Å²) in [5.41, 5.74) is 4.51. The lowest BCUT2D eigenvalue weighted by molar-refractivity contribution is -0.137. The van der Waals surface area contributed by atoms with Crippen LogP contribution >= 0.6 is 0 Å². The summed E-state index contributed by atoms with van der Waals surface area (Å²) in [6.45, 7) is 1.39. The molecule has 3 rings (SSSR count). The van der Waals surface area contributed by atoms with E-state index in [9.17, 15) is 27.6 Å². The Kier molecular flexibility index (Phi) is 6.45. The van der Waals surface area contributed by atoms with Crippen LogP contribution in [0.3, 0.4) is 0 Å². The molecule has 0 saturated carbocycles. The number of benzene rings is 2. The van der Waals surface area contributed by atoms with Crippen molar-refractivity contribution in [1.82, 2.24) is 5.01 Å². The summed E-state index contributed by atoms with van der Waals surface area (Å²) in [5, 5.41) is 0.701. The minimum absolute atomic E-state index is 0.0147. The molecular formula is C22H21F3N4O4. The highest BCUT2D eigenvalue weighted by atomic mass is 19.4. The number of nitrogens with zero attached hydrogens (tertiary/aromatic N) is 2. The third-order valence-corrected chi connectivity index (χ3v) is 5.14. The van der Waals surface area contributed by atoms with Crippen LogP contribution in [0.25, 0.3) is 5.57 Å². The Morgan fingerprint density at radius 3 is 2.42 bits per heavy atom. The van der Waals surface area contributed by atoms with Crippen LogP contribution in [0.1, 0.15) is 30.9 Å². The lowest BCUT2D eigenvalue weighted by Crippen LogP contribution is -2.37. The number of carbonyl (C=O) groups is 3. The zero-order valence-corrected chi connectivity index (χ0v) is 17.8. The lowest BCUT2D eigenvalue weighted by atomic mass is 10.0. The average Bonchev–Trinajstić information content (AvgIpc) is 3.06. The van der Waals surface area contributed by atoms with Gasteiger partial charge in [0.05, 0.1) is 29.6 Å². The summed E-state index contributed by atoms with van der Waals surface area (Å²) in [5.74, 6) is 4.22. The number of rotatable bonds is 6. The van der Waals surface area contributed by atoms with Crippen molar-refractivity contribution >= 4 is 34.7 Å². The molecule has 0 aromatic heterocycles. The van der Waals surface area contributed by atoms with Gasteiger partial charge in [0.15, 0.2) is 0 Å². The average molecular weight is 462 g/mol. The van der Waals surface area contributed by atoms with Crippen LogP contribution < -0.4 is 21.2 Å². The predicted molar refractivity (Wildman–Crippen MR) is 114 cm³/mol. The van der Waals surface area contributed by atoms with E-state index in [-0.39, 0.29) is 41.1 Å². The molecule has 8 nitrogen and oxygen atoms in total. The molecule has 0 fully saturated rings. The first-order chi connectivity index (χ1) is 15.5. The minimum Gasteiger partial charge on any atom is -0.497 e. The summed E-state index contributed by atoms with van der Waals surface area (Å²) < 4.78 is 45.4. The van der Waals surface area contributed by atoms with E-state index >= 15 is 0 Å². The fourth-order valence-electron chi connectivity index (χ4n) is 3.45. The van der Waals surface area contributed by atoms with E-state index in [1.54, 1.807) is 18.2 Å². The summed E-state index contributed by atoms with van der Waals surface area (Å²) in [6.07, 6.45) is -5.17. The molecule has 33 heavy (non-hydrogen) atoms. The molecule has 0 bridgehead atoms. The van der Waals surface area contributed by atoms with Gasteiger partial charge in [-0.25, -0.2) is 5.84 Å². The molecule has 0 unspecified atom stereocenters. The summed E-state index contributed by atoms with van der Waals surface area (Å²) in [6, 6.07) is 9.13. The normalized spacial score (nSPS) is 14.7. The minimum atomic E-state index is -4.63. The largest absolute Gasteiger partial charge is 0.497 e. The van der Waals surface area contributed by atoms with Gasteiger partial charge in [-0.15, -0.1) is 0 Å². The number of hydrogen-bond donors (Lipinski definition) is 2. The topological polar surface area (TPSA) is 119 Å². The number of carbonyl (C=O) groups excluding carboxylic acids is 3. The first-order valence-electron chi connectivity index (χ1n) is 9.72. The van der Waals surface area contributed by atoms with Gasteiger partial charge in [0, 0.05) is 30.2 Å². The lowest BCUT2D eigenvalue weighted by Gasteiger charge is -2.20. The van der Waals surface area contributed by atoms with Gasteiger partial charge in [-0.1, -0.05) is 12.1 Å². The second kappa shape index (κ2) is 8.94. The van der Waals surface area contributed by atoms with Crippen LogP contribution in [0, 0.1) is 0 Å². The molecule has 1 heterocycles. The third-order valence-electron chi connectivity index (χ3n) is 5.14. The number of alkyl halides is 3. The highest BCUT2D eigenvalue weighted by molar-refractivity contribution is 6.35. The van der Waals surface area contributed by atoms with Crippen molar-refractivity contribution in [2.24, 2.45) is 11.6 Å². The van der Waals surface area contributed by atoms with Crippen molar-refractivity contribution in [3.05, 3.63) is 59.3 Å². The van der Waals surface area contributed by atoms with E-state index in [0.29, 0.717) is 10.8 Å². The van der Waals surface area contributed by atoms with Crippen molar-refractivity contribution in [3.63, 3.8) is 0 Å². The van der Waals surface area contributed by atoms with Crippen molar-refractivity contribution in [3.8, 4) is 5.75 Å². The number of allylic oxidation sites excluding steroid dienone is 1. The smallest absolute Gasteiger partial charge is 0.416 e. The Hall–Kier alpha value is -3.86. The van der Waals surface area contributed by atoms with E-state index in [0.717, 1.165) is 23.1 Å². The summed E-state index contributed by atoms with van der Waals surface area (Å²) in [7, 11) is 1.42. The maximum Gasteiger partial charge on any atom is 0.416 e. The second-order valence-electron chi connectivity index (χ2n) is 7.26. The van der Waals surface area contributed by atoms with Crippen LogP contribution in [0.15, 0.2) is 48.2 Å². The van der Waals surface area contributed by atoms with Crippen molar-refractivity contribution in [2.45, 2.75) is 25.9 Å². The highest BCUT2D eigenvalue weighted by Crippen LogP contribution is 2.46. The summed E-state index contributed by atoms with van der Waals surface area (Å²) >= 11 is 0. The van der Waals surface area contributed by atoms with Gasteiger partial charge >= 0.3 is 6.18 Å². The molecule has 0 saturated heterocycles. The number of ether oxygens (including phenoxy) is 1. The number of nitrogens with two attached hydrogens (primary N) is 2. The molecular weight excluding hydrogens is 441 g/mol. The molecule has 0 atom stereocenters. The first-order valence-corrected chi connectivity index (χ1v) is 9.72. The molecule has 1 aliphatic rings. The Balaban J connectivity index is 2.16. The number of primary amides is 1. The molecule has 0 radical (unpaired) electrons. The van der Waals surface area contributed by atoms with Crippen molar-refractivity contribution in [1.29, 1.82) is 0 Å². The first kappa shape index (κ1) is 23.8. The number of methoxy groups -OCH3 is 1. The molecule has 4 N–H and O–H groups in total. The number of hydrogen-bond acceptors (Lipinski definition) is 5. The molecule has 3 amide bonds. The van der Waals surface area contributed by atoms with Crippen LogP contribution in [-0.4, -0.2) is 29.8 Å². The SMILES string of the molecule is COc1cccc(N2C(=O)/C(=C(/C)N(N)C(=O)CCC(N)=O)c3ccc(C(F)(F)F)cc32)c1. The molecule has 174 valence electrons. The number of amides is 3. The van der Waals surface area contributed by atoms with Gasteiger partial charge < -0.3 is 10.5 Å². The zero-order chi connectivity index (χ0) is 24.5. The van der Waals surface area contributed by atoms with Crippen LogP contribution in [0.4, 0.5) is 24.5 Å². The van der Waals surface area contributed by atoms with Crippen LogP contribution in [0.2, 0.25) is 0 Å². The zero-order valence-electron chi connectivity index (χ0n) is 17.8. The van der Waals surface area contributed by atoms with Crippen LogP contribution in [0.5, 0.6) is 5.75 Å². The standard InChI is InChI=1S/C22H21F3N4O4/c1-12(29(27)19(31)9-8-18(26)30)20-16-7-6-13(22(23,24)25)10-17(16)28(21(20)32)14-4-3-5-15(11-14)33-2/h3-7,10-11H,8-9,27H2,1-2H3,(H2,26,30)/b20-12-. The Bertz CT molecular complexity index is 1160. The Labute approximate surface area is 187 Å². The highest BCUT2D eigenvalue weighted by Gasteiger charge is 2.39. The fourth-order valence-corrected chi connectivity index (χ4v) is 3.45. The molecule has 2 aromatic rings.